The van der Waals surface area contributed by atoms with Crippen molar-refractivity contribution in [3.8, 4) is 16.6 Å². The maximum absolute atomic E-state index is 12.9. The zero-order valence-corrected chi connectivity index (χ0v) is 13.7. The van der Waals surface area contributed by atoms with Gasteiger partial charge in [0.2, 0.25) is 0 Å². The lowest BCUT2D eigenvalue weighted by Crippen LogP contribution is -2.36. The molecule has 0 saturated heterocycles. The first-order valence-electron chi connectivity index (χ1n) is 6.71. The number of hydrogen-bond acceptors (Lipinski definition) is 4. The standard InChI is InChI=1S/C15H11F5N2S2/c16-14(17,15(18,19)20)5-3-10-1-2-11(22-9-10)13-12(4-7-24-13)23-8-6-21/h1-2,4,7,9H,3,5,8H2. The fourth-order valence-corrected chi connectivity index (χ4v) is 3.65. The van der Waals surface area contributed by atoms with Gasteiger partial charge in [-0.05, 0) is 29.5 Å². The third kappa shape index (κ3) is 4.45. The SMILES string of the molecule is N#CCSc1ccsc1-c1ccc(CCC(F)(F)C(F)(F)F)cn1. The van der Waals surface area contributed by atoms with Crippen LogP contribution in [0, 0.1) is 11.3 Å². The maximum Gasteiger partial charge on any atom is 0.453 e. The third-order valence-corrected chi connectivity index (χ3v) is 5.11. The zero-order chi connectivity index (χ0) is 17.8. The topological polar surface area (TPSA) is 36.7 Å². The molecule has 0 radical (unpaired) electrons. The van der Waals surface area contributed by atoms with Gasteiger partial charge in [-0.25, -0.2) is 0 Å². The van der Waals surface area contributed by atoms with Crippen molar-refractivity contribution in [2.24, 2.45) is 0 Å². The van der Waals surface area contributed by atoms with Gasteiger partial charge < -0.3 is 0 Å². The van der Waals surface area contributed by atoms with E-state index in [-0.39, 0.29) is 5.75 Å². The summed E-state index contributed by atoms with van der Waals surface area (Å²) in [6.07, 6.45) is -5.95. The molecule has 24 heavy (non-hydrogen) atoms. The van der Waals surface area contributed by atoms with Crippen LogP contribution in [-0.2, 0) is 6.42 Å². The number of nitrogens with zero attached hydrogens (tertiary/aromatic N) is 2. The molecule has 0 aliphatic rings. The van der Waals surface area contributed by atoms with Gasteiger partial charge in [-0.2, -0.15) is 27.2 Å². The van der Waals surface area contributed by atoms with Gasteiger partial charge in [-0.15, -0.1) is 23.1 Å². The number of aromatic nitrogens is 1. The smallest absolute Gasteiger partial charge is 0.255 e. The van der Waals surface area contributed by atoms with Crippen LogP contribution in [0.3, 0.4) is 0 Å². The van der Waals surface area contributed by atoms with Crippen LogP contribution >= 0.6 is 23.1 Å². The second kappa shape index (κ2) is 7.49. The number of alkyl halides is 5. The Labute approximate surface area is 143 Å². The van der Waals surface area contributed by atoms with E-state index < -0.39 is 24.9 Å². The minimum atomic E-state index is -5.54. The van der Waals surface area contributed by atoms with E-state index in [0.29, 0.717) is 11.3 Å². The Morgan fingerprint density at radius 1 is 1.17 bits per heavy atom. The number of pyridine rings is 1. The van der Waals surface area contributed by atoms with Gasteiger partial charge in [-0.1, -0.05) is 6.07 Å². The van der Waals surface area contributed by atoms with E-state index in [4.69, 9.17) is 5.26 Å². The summed E-state index contributed by atoms with van der Waals surface area (Å²) in [4.78, 5) is 5.86. The van der Waals surface area contributed by atoms with Crippen molar-refractivity contribution in [1.29, 1.82) is 5.26 Å². The highest BCUT2D eigenvalue weighted by atomic mass is 32.2. The first kappa shape index (κ1) is 18.7. The highest BCUT2D eigenvalue weighted by molar-refractivity contribution is 7.99. The molecule has 128 valence electrons. The molecule has 2 heterocycles. The lowest BCUT2D eigenvalue weighted by Gasteiger charge is -2.19. The molecule has 0 saturated carbocycles. The molecule has 0 unspecified atom stereocenters. The van der Waals surface area contributed by atoms with Crippen molar-refractivity contribution in [1.82, 2.24) is 4.98 Å². The first-order valence-corrected chi connectivity index (χ1v) is 8.58. The summed E-state index contributed by atoms with van der Waals surface area (Å²) >= 11 is 2.77. The summed E-state index contributed by atoms with van der Waals surface area (Å²) in [5, 5.41) is 10.5. The predicted molar refractivity (Wildman–Crippen MR) is 83.2 cm³/mol. The number of thiophene rings is 1. The molecule has 0 N–H and O–H groups in total. The molecule has 2 aromatic rings. The molecule has 0 bridgehead atoms. The average Bonchev–Trinajstić information content (AvgIpc) is 2.99. The summed E-state index contributed by atoms with van der Waals surface area (Å²) in [6, 6.07) is 6.95. The minimum absolute atomic E-state index is 0.286. The fraction of sp³-hybridized carbons (Fsp3) is 0.333. The van der Waals surface area contributed by atoms with Gasteiger partial charge >= 0.3 is 12.1 Å². The van der Waals surface area contributed by atoms with Crippen LogP contribution in [0.2, 0.25) is 0 Å². The molecule has 2 rings (SSSR count). The minimum Gasteiger partial charge on any atom is -0.255 e. The van der Waals surface area contributed by atoms with Crippen LogP contribution in [0.4, 0.5) is 22.0 Å². The van der Waals surface area contributed by atoms with Gasteiger partial charge in [0.25, 0.3) is 0 Å². The fourth-order valence-electron chi connectivity index (χ4n) is 1.86. The van der Waals surface area contributed by atoms with Crippen molar-refractivity contribution in [2.75, 3.05) is 5.75 Å². The Morgan fingerprint density at radius 3 is 2.50 bits per heavy atom. The third-order valence-electron chi connectivity index (χ3n) is 3.12. The van der Waals surface area contributed by atoms with E-state index in [0.717, 1.165) is 9.77 Å². The first-order chi connectivity index (χ1) is 11.2. The van der Waals surface area contributed by atoms with Gasteiger partial charge in [0.05, 0.1) is 22.4 Å². The van der Waals surface area contributed by atoms with Crippen LogP contribution in [-0.4, -0.2) is 22.8 Å². The predicted octanol–water partition coefficient (Wildman–Crippen LogP) is 5.56. The highest BCUT2D eigenvalue weighted by Gasteiger charge is 2.56. The molecule has 9 heteroatoms. The van der Waals surface area contributed by atoms with E-state index >= 15 is 0 Å². The van der Waals surface area contributed by atoms with E-state index in [1.54, 1.807) is 6.07 Å². The number of halogens is 5. The summed E-state index contributed by atoms with van der Waals surface area (Å²) in [5.74, 6) is -4.42. The number of hydrogen-bond donors (Lipinski definition) is 0. The normalized spacial score (nSPS) is 12.2. The van der Waals surface area contributed by atoms with Crippen LogP contribution < -0.4 is 0 Å². The molecule has 0 amide bonds. The number of nitriles is 1. The zero-order valence-electron chi connectivity index (χ0n) is 12.1. The molecular weight excluding hydrogens is 367 g/mol. The summed E-state index contributed by atoms with van der Waals surface area (Å²) in [7, 11) is 0. The lowest BCUT2D eigenvalue weighted by molar-refractivity contribution is -0.284. The van der Waals surface area contributed by atoms with Crippen molar-refractivity contribution < 1.29 is 22.0 Å². The van der Waals surface area contributed by atoms with Gasteiger partial charge in [0.15, 0.2) is 0 Å². The monoisotopic (exact) mass is 378 g/mol. The number of aryl methyl sites for hydroxylation is 1. The molecule has 0 aliphatic heterocycles. The quantitative estimate of drug-likeness (QED) is 0.488. The largest absolute Gasteiger partial charge is 0.453 e. The molecule has 0 fully saturated rings. The molecule has 0 spiro atoms. The number of rotatable bonds is 6. The maximum atomic E-state index is 12.9. The van der Waals surface area contributed by atoms with Crippen LogP contribution in [0.5, 0.6) is 0 Å². The van der Waals surface area contributed by atoms with E-state index in [2.05, 4.69) is 4.98 Å². The van der Waals surface area contributed by atoms with Gasteiger partial charge in [0, 0.05) is 17.5 Å². The van der Waals surface area contributed by atoms with Crippen molar-refractivity contribution >= 4 is 23.1 Å². The van der Waals surface area contributed by atoms with Crippen LogP contribution in [0.15, 0.2) is 34.7 Å². The Bertz CT molecular complexity index is 717. The Morgan fingerprint density at radius 2 is 1.92 bits per heavy atom. The molecular formula is C15H11F5N2S2. The van der Waals surface area contributed by atoms with Crippen LogP contribution in [0.25, 0.3) is 10.6 Å². The summed E-state index contributed by atoms with van der Waals surface area (Å²) in [6.45, 7) is 0. The summed E-state index contributed by atoms with van der Waals surface area (Å²) < 4.78 is 62.3. The molecule has 0 aliphatic carbocycles. The second-order valence-corrected chi connectivity index (χ2v) is 6.75. The Balaban J connectivity index is 2.07. The van der Waals surface area contributed by atoms with E-state index in [1.807, 2.05) is 17.5 Å². The molecule has 2 aromatic heterocycles. The lowest BCUT2D eigenvalue weighted by atomic mass is 10.1. The van der Waals surface area contributed by atoms with Crippen molar-refractivity contribution in [3.63, 3.8) is 0 Å². The molecule has 0 aromatic carbocycles. The van der Waals surface area contributed by atoms with Crippen LogP contribution in [0.1, 0.15) is 12.0 Å². The van der Waals surface area contributed by atoms with Crippen molar-refractivity contribution in [2.45, 2.75) is 29.8 Å². The van der Waals surface area contributed by atoms with E-state index in [9.17, 15) is 22.0 Å². The van der Waals surface area contributed by atoms with Gasteiger partial charge in [0.1, 0.15) is 0 Å². The van der Waals surface area contributed by atoms with Gasteiger partial charge in [-0.3, -0.25) is 4.98 Å². The molecule has 2 nitrogen and oxygen atoms in total. The highest BCUT2D eigenvalue weighted by Crippen LogP contribution is 2.39. The second-order valence-electron chi connectivity index (χ2n) is 4.81. The van der Waals surface area contributed by atoms with Crippen molar-refractivity contribution in [3.05, 3.63) is 35.3 Å². The average molecular weight is 378 g/mol. The summed E-state index contributed by atoms with van der Waals surface area (Å²) in [5.41, 5.74) is 0.905. The molecule has 0 atom stereocenters. The number of thioether (sulfide) groups is 1. The Kier molecular flexibility index (Phi) is 5.83. The Hall–Kier alpha value is -1.66. The van der Waals surface area contributed by atoms with E-state index in [1.165, 1.54) is 35.4 Å².